The molecule has 1 aliphatic heterocycles. The van der Waals surface area contributed by atoms with E-state index in [-0.39, 0.29) is 24.0 Å². The molecule has 1 fully saturated rings. The predicted octanol–water partition coefficient (Wildman–Crippen LogP) is 3.29. The number of benzene rings is 2. The topological polar surface area (TPSA) is 67.2 Å². The molecule has 33 heavy (non-hydrogen) atoms. The first kappa shape index (κ1) is 21.0. The summed E-state index contributed by atoms with van der Waals surface area (Å²) in [7, 11) is 0. The van der Waals surface area contributed by atoms with Crippen LogP contribution in [0.3, 0.4) is 0 Å². The Morgan fingerprint density at radius 1 is 0.909 bits per heavy atom. The lowest BCUT2D eigenvalue weighted by Crippen LogP contribution is -2.49. The molecule has 0 bridgehead atoms. The third-order valence-electron chi connectivity index (χ3n) is 5.79. The van der Waals surface area contributed by atoms with E-state index < -0.39 is 0 Å². The Bertz CT molecular complexity index is 1300. The number of rotatable bonds is 4. The minimum absolute atomic E-state index is 0.0226. The van der Waals surface area contributed by atoms with Crippen LogP contribution in [-0.2, 0) is 11.2 Å². The molecule has 2 aromatic carbocycles. The van der Waals surface area contributed by atoms with E-state index in [0.29, 0.717) is 43.3 Å². The maximum Gasteiger partial charge on any atom is 0.227 e. The number of fused-ring (bicyclic) bond motifs is 1. The second-order valence-corrected chi connectivity index (χ2v) is 8.04. The SMILES string of the molecule is Cc1nc(N2CCN(C(=O)Cc3ccc(F)cc3)CC2)c2cnn(-c3ccc(F)cc3)c2n1. The van der Waals surface area contributed by atoms with Gasteiger partial charge in [-0.3, -0.25) is 4.79 Å². The molecule has 9 heteroatoms. The summed E-state index contributed by atoms with van der Waals surface area (Å²) in [4.78, 5) is 25.9. The first-order valence-electron chi connectivity index (χ1n) is 10.7. The number of carbonyl (C=O) groups excluding carboxylic acids is 1. The van der Waals surface area contributed by atoms with Gasteiger partial charge in [-0.2, -0.15) is 5.10 Å². The zero-order chi connectivity index (χ0) is 22.9. The van der Waals surface area contributed by atoms with E-state index in [4.69, 9.17) is 0 Å². The molecule has 4 aromatic rings. The van der Waals surface area contributed by atoms with Crippen LogP contribution in [0.15, 0.2) is 54.7 Å². The van der Waals surface area contributed by atoms with E-state index in [1.165, 1.54) is 24.3 Å². The number of hydrogen-bond donors (Lipinski definition) is 0. The van der Waals surface area contributed by atoms with Crippen LogP contribution in [0.4, 0.5) is 14.6 Å². The summed E-state index contributed by atoms with van der Waals surface area (Å²) in [6.45, 7) is 4.21. The monoisotopic (exact) mass is 448 g/mol. The molecule has 1 aliphatic rings. The summed E-state index contributed by atoms with van der Waals surface area (Å²) < 4.78 is 28.1. The van der Waals surface area contributed by atoms with Crippen LogP contribution in [0.2, 0.25) is 0 Å². The van der Waals surface area contributed by atoms with Crippen molar-refractivity contribution in [1.82, 2.24) is 24.6 Å². The molecule has 0 atom stereocenters. The summed E-state index contributed by atoms with van der Waals surface area (Å²) in [5.74, 6) is 0.782. The third-order valence-corrected chi connectivity index (χ3v) is 5.79. The quantitative estimate of drug-likeness (QED) is 0.479. The predicted molar refractivity (Wildman–Crippen MR) is 120 cm³/mol. The van der Waals surface area contributed by atoms with Gasteiger partial charge in [0.05, 0.1) is 23.7 Å². The molecule has 0 N–H and O–H groups in total. The summed E-state index contributed by atoms with van der Waals surface area (Å²) in [5.41, 5.74) is 2.16. The molecule has 0 radical (unpaired) electrons. The molecule has 0 aliphatic carbocycles. The van der Waals surface area contributed by atoms with Gasteiger partial charge in [0.25, 0.3) is 0 Å². The lowest BCUT2D eigenvalue weighted by atomic mass is 10.1. The van der Waals surface area contributed by atoms with Crippen molar-refractivity contribution in [3.63, 3.8) is 0 Å². The van der Waals surface area contributed by atoms with E-state index in [2.05, 4.69) is 20.0 Å². The highest BCUT2D eigenvalue weighted by molar-refractivity contribution is 5.88. The molecule has 0 saturated carbocycles. The Balaban J connectivity index is 1.33. The Morgan fingerprint density at radius 3 is 2.21 bits per heavy atom. The van der Waals surface area contributed by atoms with Gasteiger partial charge in [-0.15, -0.1) is 0 Å². The molecular formula is C24H22F2N6O. The van der Waals surface area contributed by atoms with Gasteiger partial charge in [0.2, 0.25) is 5.91 Å². The van der Waals surface area contributed by atoms with Gasteiger partial charge in [0, 0.05) is 26.2 Å². The van der Waals surface area contributed by atoms with Gasteiger partial charge in [0.1, 0.15) is 23.3 Å². The zero-order valence-electron chi connectivity index (χ0n) is 18.1. The van der Waals surface area contributed by atoms with Crippen LogP contribution >= 0.6 is 0 Å². The number of amides is 1. The van der Waals surface area contributed by atoms with Crippen LogP contribution < -0.4 is 4.90 Å². The van der Waals surface area contributed by atoms with Crippen molar-refractivity contribution in [2.45, 2.75) is 13.3 Å². The number of nitrogens with zero attached hydrogens (tertiary/aromatic N) is 6. The van der Waals surface area contributed by atoms with Crippen LogP contribution in [0, 0.1) is 18.6 Å². The lowest BCUT2D eigenvalue weighted by molar-refractivity contribution is -0.130. The Kier molecular flexibility index (Phi) is 5.45. The molecule has 1 saturated heterocycles. The fraction of sp³-hybridized carbons (Fsp3) is 0.250. The van der Waals surface area contributed by atoms with Crippen molar-refractivity contribution < 1.29 is 13.6 Å². The summed E-state index contributed by atoms with van der Waals surface area (Å²) in [6, 6.07) is 12.1. The van der Waals surface area contributed by atoms with Crippen LogP contribution in [0.5, 0.6) is 0 Å². The van der Waals surface area contributed by atoms with Gasteiger partial charge in [-0.05, 0) is 48.9 Å². The number of aromatic nitrogens is 4. The van der Waals surface area contributed by atoms with Gasteiger partial charge in [-0.1, -0.05) is 12.1 Å². The Labute approximate surface area is 189 Å². The Hall–Kier alpha value is -3.88. The maximum absolute atomic E-state index is 13.3. The summed E-state index contributed by atoms with van der Waals surface area (Å²) in [6.07, 6.45) is 1.97. The molecule has 0 spiro atoms. The fourth-order valence-corrected chi connectivity index (χ4v) is 4.07. The van der Waals surface area contributed by atoms with E-state index in [1.54, 1.807) is 35.1 Å². The average Bonchev–Trinajstić information content (AvgIpc) is 3.24. The zero-order valence-corrected chi connectivity index (χ0v) is 18.1. The highest BCUT2D eigenvalue weighted by Crippen LogP contribution is 2.26. The van der Waals surface area contributed by atoms with Crippen molar-refractivity contribution in [3.8, 4) is 5.69 Å². The maximum atomic E-state index is 13.3. The normalized spacial score (nSPS) is 14.2. The first-order valence-corrected chi connectivity index (χ1v) is 10.7. The van der Waals surface area contributed by atoms with Crippen LogP contribution in [0.25, 0.3) is 16.7 Å². The molecule has 3 heterocycles. The van der Waals surface area contributed by atoms with Gasteiger partial charge in [0.15, 0.2) is 5.65 Å². The number of carbonyl (C=O) groups is 1. The van der Waals surface area contributed by atoms with Gasteiger partial charge < -0.3 is 9.80 Å². The smallest absolute Gasteiger partial charge is 0.227 e. The number of piperazine rings is 1. The molecule has 5 rings (SSSR count). The first-order chi connectivity index (χ1) is 16.0. The number of aryl methyl sites for hydroxylation is 1. The molecule has 1 amide bonds. The van der Waals surface area contributed by atoms with E-state index in [1.807, 2.05) is 11.8 Å². The van der Waals surface area contributed by atoms with E-state index in [0.717, 1.165) is 16.8 Å². The minimum atomic E-state index is -0.312. The third kappa shape index (κ3) is 4.26. The number of halogens is 2. The molecule has 2 aromatic heterocycles. The van der Waals surface area contributed by atoms with Crippen molar-refractivity contribution in [3.05, 3.63) is 77.8 Å². The molecule has 0 unspecified atom stereocenters. The largest absolute Gasteiger partial charge is 0.352 e. The lowest BCUT2D eigenvalue weighted by Gasteiger charge is -2.35. The molecule has 7 nitrogen and oxygen atoms in total. The summed E-state index contributed by atoms with van der Waals surface area (Å²) in [5, 5.41) is 5.26. The number of hydrogen-bond acceptors (Lipinski definition) is 5. The van der Waals surface area contributed by atoms with Crippen molar-refractivity contribution in [1.29, 1.82) is 0 Å². The standard InChI is InChI=1S/C24H22F2N6O/c1-16-28-23(21-15-27-32(24(21)29-16)20-8-6-19(26)7-9-20)31-12-10-30(11-13-31)22(33)14-17-2-4-18(25)5-3-17/h2-9,15H,10-14H2,1H3. The van der Waals surface area contributed by atoms with Crippen molar-refractivity contribution >= 4 is 22.8 Å². The van der Waals surface area contributed by atoms with Gasteiger partial charge >= 0.3 is 0 Å². The minimum Gasteiger partial charge on any atom is -0.352 e. The fourth-order valence-electron chi connectivity index (χ4n) is 4.07. The van der Waals surface area contributed by atoms with Crippen LogP contribution in [0.1, 0.15) is 11.4 Å². The summed E-state index contributed by atoms with van der Waals surface area (Å²) >= 11 is 0. The highest BCUT2D eigenvalue weighted by Gasteiger charge is 2.25. The highest BCUT2D eigenvalue weighted by atomic mass is 19.1. The second-order valence-electron chi connectivity index (χ2n) is 8.04. The van der Waals surface area contributed by atoms with Crippen molar-refractivity contribution in [2.75, 3.05) is 31.1 Å². The van der Waals surface area contributed by atoms with E-state index >= 15 is 0 Å². The molecule has 168 valence electrons. The van der Waals surface area contributed by atoms with Crippen molar-refractivity contribution in [2.24, 2.45) is 0 Å². The number of anilines is 1. The van der Waals surface area contributed by atoms with Crippen LogP contribution in [-0.4, -0.2) is 56.7 Å². The van der Waals surface area contributed by atoms with Gasteiger partial charge in [-0.25, -0.2) is 23.4 Å². The van der Waals surface area contributed by atoms with E-state index in [9.17, 15) is 13.6 Å². The second kappa shape index (κ2) is 8.57. The average molecular weight is 448 g/mol. The molecular weight excluding hydrogens is 426 g/mol. The Morgan fingerprint density at radius 2 is 1.55 bits per heavy atom.